The molecule has 0 aromatic heterocycles. The van der Waals surface area contributed by atoms with Crippen LogP contribution in [0.3, 0.4) is 0 Å². The molecule has 1 rings (SSSR count). The number of ketones is 3. The molecule has 2 atom stereocenters. The van der Waals surface area contributed by atoms with Gasteiger partial charge >= 0.3 is 0 Å². The van der Waals surface area contributed by atoms with Crippen LogP contribution in [0.4, 0.5) is 0 Å². The fraction of sp³-hybridized carbons (Fsp3) is 0.400. The average molecular weight is 355 g/mol. The maximum atomic E-state index is 12.3. The number of hydroxylamine groups is 1. The first kappa shape index (κ1) is 20.3. The second-order valence-corrected chi connectivity index (χ2v) is 5.58. The van der Waals surface area contributed by atoms with Gasteiger partial charge in [0.1, 0.15) is 17.6 Å². The molecule has 0 fully saturated rings. The summed E-state index contributed by atoms with van der Waals surface area (Å²) in [6.07, 6.45) is 0.0710. The van der Waals surface area contributed by atoms with Gasteiger partial charge in [-0.3, -0.25) is 14.4 Å². The normalized spacial score (nSPS) is 13.3. The van der Waals surface area contributed by atoms with Gasteiger partial charge in [-0.15, -0.1) is 0 Å². The molecule has 0 radical (unpaired) electrons. The molecule has 1 aromatic carbocycles. The summed E-state index contributed by atoms with van der Waals surface area (Å²) in [6, 6.07) is 4.00. The highest BCUT2D eigenvalue weighted by atomic mass is 32.1. The molecule has 0 amide bonds. The number of hydrazine groups is 1. The number of nitrogens with one attached hydrogen (secondary N) is 3. The molecule has 5 N–H and O–H groups in total. The van der Waals surface area contributed by atoms with E-state index < -0.39 is 23.7 Å². The van der Waals surface area contributed by atoms with Crippen molar-refractivity contribution in [3.8, 4) is 5.75 Å². The van der Waals surface area contributed by atoms with E-state index in [0.717, 1.165) is 0 Å². The molecule has 9 heteroatoms. The monoisotopic (exact) mass is 355 g/mol. The number of carbonyl (C=O) groups is 3. The number of Topliss-reactive ketones (excluding diaryl/α,β-unsaturated/α-hetero) is 3. The van der Waals surface area contributed by atoms with E-state index in [0.29, 0.717) is 5.56 Å². The predicted molar refractivity (Wildman–Crippen MR) is 90.0 cm³/mol. The molecule has 0 aliphatic heterocycles. The van der Waals surface area contributed by atoms with E-state index >= 15 is 0 Å². The molecule has 0 unspecified atom stereocenters. The number of hydrogen-bond acceptors (Lipinski definition) is 9. The third-order valence-electron chi connectivity index (χ3n) is 3.20. The fourth-order valence-electron chi connectivity index (χ4n) is 1.90. The van der Waals surface area contributed by atoms with Crippen molar-refractivity contribution in [1.82, 2.24) is 16.3 Å². The van der Waals surface area contributed by atoms with Gasteiger partial charge in [0.15, 0.2) is 0 Å². The molecule has 1 aromatic rings. The molecular weight excluding hydrogens is 334 g/mol. The lowest BCUT2D eigenvalue weighted by atomic mass is 9.98. The van der Waals surface area contributed by atoms with Crippen LogP contribution >= 0.6 is 12.6 Å². The maximum absolute atomic E-state index is 12.3. The van der Waals surface area contributed by atoms with E-state index in [-0.39, 0.29) is 30.3 Å². The Labute approximate surface area is 145 Å². The van der Waals surface area contributed by atoms with Crippen LogP contribution in [-0.2, 0) is 20.8 Å². The van der Waals surface area contributed by atoms with Crippen molar-refractivity contribution in [1.29, 1.82) is 0 Å². The lowest BCUT2D eigenvalue weighted by Gasteiger charge is -2.18. The van der Waals surface area contributed by atoms with Crippen molar-refractivity contribution in [3.05, 3.63) is 29.8 Å². The predicted octanol–water partition coefficient (Wildman–Crippen LogP) is -0.598. The summed E-state index contributed by atoms with van der Waals surface area (Å²) >= 11 is 4.01. The first-order chi connectivity index (χ1) is 11.4. The minimum Gasteiger partial charge on any atom is -0.508 e. The molecule has 24 heavy (non-hydrogen) atoms. The van der Waals surface area contributed by atoms with Crippen LogP contribution in [0.5, 0.6) is 5.75 Å². The number of hydrogen-bond donors (Lipinski definition) is 6. The number of benzene rings is 1. The minimum absolute atomic E-state index is 0.000928. The van der Waals surface area contributed by atoms with Gasteiger partial charge in [-0.05, 0) is 31.0 Å². The number of phenols is 1. The van der Waals surface area contributed by atoms with Crippen molar-refractivity contribution in [2.75, 3.05) is 12.3 Å². The Balaban J connectivity index is 2.69. The summed E-state index contributed by atoms with van der Waals surface area (Å²) in [7, 11) is 0. The summed E-state index contributed by atoms with van der Waals surface area (Å²) in [5.41, 5.74) is 7.62. The van der Waals surface area contributed by atoms with Gasteiger partial charge < -0.3 is 10.3 Å². The van der Waals surface area contributed by atoms with Gasteiger partial charge in [0.2, 0.25) is 11.6 Å². The first-order valence-electron chi connectivity index (χ1n) is 7.23. The number of carbonyl (C=O) groups excluding carboxylic acids is 3. The summed E-state index contributed by atoms with van der Waals surface area (Å²) in [5, 5.41) is 18.4. The molecule has 8 nitrogen and oxygen atoms in total. The summed E-state index contributed by atoms with van der Waals surface area (Å²) < 4.78 is 0. The molecule has 0 aliphatic carbocycles. The Hall–Kier alpha value is -1.78. The summed E-state index contributed by atoms with van der Waals surface area (Å²) in [6.45, 7) is 1.38. The van der Waals surface area contributed by atoms with Crippen LogP contribution < -0.4 is 16.3 Å². The van der Waals surface area contributed by atoms with E-state index in [4.69, 9.17) is 0 Å². The molecule has 0 saturated heterocycles. The first-order valence-corrected chi connectivity index (χ1v) is 7.86. The maximum Gasteiger partial charge on any atom is 0.219 e. The number of aromatic hydroxyl groups is 1. The largest absolute Gasteiger partial charge is 0.508 e. The Kier molecular flexibility index (Phi) is 8.58. The van der Waals surface area contributed by atoms with E-state index in [1.54, 1.807) is 12.1 Å². The van der Waals surface area contributed by atoms with E-state index in [2.05, 4.69) is 23.5 Å². The molecular formula is C15H21N3O5S. The summed E-state index contributed by atoms with van der Waals surface area (Å²) in [5.74, 6) is -1.62. The highest BCUT2D eigenvalue weighted by molar-refractivity contribution is 7.80. The number of thiol groups is 1. The Morgan fingerprint density at radius 1 is 1.12 bits per heavy atom. The van der Waals surface area contributed by atoms with Crippen LogP contribution in [0.15, 0.2) is 24.3 Å². The zero-order valence-corrected chi connectivity index (χ0v) is 14.0. The van der Waals surface area contributed by atoms with E-state index in [9.17, 15) is 24.7 Å². The molecule has 132 valence electrons. The second-order valence-electron chi connectivity index (χ2n) is 5.22. The van der Waals surface area contributed by atoms with Gasteiger partial charge in [-0.2, -0.15) is 18.1 Å². The third-order valence-corrected chi connectivity index (χ3v) is 3.57. The standard InChI is InChI=1S/C15H21N3O5S/c1-9(19)7-16-17-13(8-24)15(22)14(21)12(18-23)6-10-2-4-11(20)5-3-10/h2-5,12-13,16-18,20,23-24H,6-8H2,1H3/t12-,13-/m0/s1. The lowest BCUT2D eigenvalue weighted by molar-refractivity contribution is -0.140. The van der Waals surface area contributed by atoms with Crippen LogP contribution in [0.2, 0.25) is 0 Å². The fourth-order valence-corrected chi connectivity index (χ4v) is 2.16. The topological polar surface area (TPSA) is 128 Å². The molecule has 0 spiro atoms. The second kappa shape index (κ2) is 10.2. The SMILES string of the molecule is CC(=O)CNN[C@@H](CS)C(=O)C(=O)[C@H](Cc1ccc(O)cc1)NO. The quantitative estimate of drug-likeness (QED) is 0.176. The average Bonchev–Trinajstić information content (AvgIpc) is 2.56. The zero-order chi connectivity index (χ0) is 18.1. The van der Waals surface area contributed by atoms with Gasteiger partial charge in [-0.25, -0.2) is 10.9 Å². The molecule has 0 bridgehead atoms. The molecule has 0 aliphatic rings. The van der Waals surface area contributed by atoms with Crippen LogP contribution in [0, 0.1) is 0 Å². The van der Waals surface area contributed by atoms with Crippen molar-refractivity contribution >= 4 is 30.0 Å². The van der Waals surface area contributed by atoms with Crippen LogP contribution in [-0.4, -0.2) is 52.0 Å². The highest BCUT2D eigenvalue weighted by Gasteiger charge is 2.30. The number of phenolic OH excluding ortho intramolecular Hbond substituents is 1. The zero-order valence-electron chi connectivity index (χ0n) is 13.2. The lowest BCUT2D eigenvalue weighted by Crippen LogP contribution is -2.53. The van der Waals surface area contributed by atoms with E-state index in [1.807, 2.05) is 5.48 Å². The van der Waals surface area contributed by atoms with Gasteiger partial charge in [-0.1, -0.05) is 12.1 Å². The van der Waals surface area contributed by atoms with Crippen molar-refractivity contribution in [2.24, 2.45) is 0 Å². The Bertz CT molecular complexity index is 579. The van der Waals surface area contributed by atoms with Crippen molar-refractivity contribution in [3.63, 3.8) is 0 Å². The smallest absolute Gasteiger partial charge is 0.219 e. The Morgan fingerprint density at radius 3 is 2.21 bits per heavy atom. The Morgan fingerprint density at radius 2 is 1.71 bits per heavy atom. The minimum atomic E-state index is -1.13. The van der Waals surface area contributed by atoms with Gasteiger partial charge in [0, 0.05) is 5.75 Å². The van der Waals surface area contributed by atoms with E-state index in [1.165, 1.54) is 19.1 Å². The highest BCUT2D eigenvalue weighted by Crippen LogP contribution is 2.12. The molecule has 0 heterocycles. The van der Waals surface area contributed by atoms with Gasteiger partial charge in [0.05, 0.1) is 12.6 Å². The van der Waals surface area contributed by atoms with Crippen molar-refractivity contribution < 1.29 is 24.7 Å². The molecule has 0 saturated carbocycles. The third kappa shape index (κ3) is 6.38. The summed E-state index contributed by atoms with van der Waals surface area (Å²) in [4.78, 5) is 35.3. The van der Waals surface area contributed by atoms with Crippen LogP contribution in [0.1, 0.15) is 12.5 Å². The van der Waals surface area contributed by atoms with Crippen molar-refractivity contribution in [2.45, 2.75) is 25.4 Å². The van der Waals surface area contributed by atoms with Crippen LogP contribution in [0.25, 0.3) is 0 Å². The number of rotatable bonds is 11. The van der Waals surface area contributed by atoms with Gasteiger partial charge in [0.25, 0.3) is 0 Å².